The van der Waals surface area contributed by atoms with Crippen LogP contribution in [0.5, 0.6) is 0 Å². The van der Waals surface area contributed by atoms with E-state index in [-0.39, 0.29) is 11.5 Å². The molecular weight excluding hydrogens is 406 g/mol. The van der Waals surface area contributed by atoms with Crippen LogP contribution in [0.25, 0.3) is 0 Å². The van der Waals surface area contributed by atoms with Crippen LogP contribution in [0.1, 0.15) is 18.4 Å². The highest BCUT2D eigenvalue weighted by molar-refractivity contribution is 9.10. The number of carbonyl (C=O) groups is 1. The van der Waals surface area contributed by atoms with Crippen molar-refractivity contribution in [1.29, 1.82) is 0 Å². The standard InChI is InChI=1S/C18H18BrNO4S/c1-2-24-17(21)18(20)15(12-8-10-13(19)11-9-12)16(18)25(22,23)14-6-4-3-5-7-14/h3-11,15-16H,2,20H2,1H3. The molecule has 1 fully saturated rings. The highest BCUT2D eigenvalue weighted by Gasteiger charge is 2.74. The summed E-state index contributed by atoms with van der Waals surface area (Å²) in [7, 11) is -3.78. The van der Waals surface area contributed by atoms with Gasteiger partial charge in [0.2, 0.25) is 0 Å². The first kappa shape index (κ1) is 18.1. The molecule has 0 bridgehead atoms. The number of nitrogens with two attached hydrogens (primary N) is 1. The second-order valence-corrected chi connectivity index (χ2v) is 8.95. The van der Waals surface area contributed by atoms with Gasteiger partial charge in [-0.3, -0.25) is 0 Å². The number of benzene rings is 2. The fraction of sp³-hybridized carbons (Fsp3) is 0.278. The van der Waals surface area contributed by atoms with Crippen LogP contribution in [0, 0.1) is 0 Å². The zero-order chi connectivity index (χ0) is 18.2. The Hall–Kier alpha value is -1.70. The first-order chi connectivity index (χ1) is 11.8. The van der Waals surface area contributed by atoms with Gasteiger partial charge in [-0.2, -0.15) is 0 Å². The molecule has 2 aromatic carbocycles. The number of halogens is 1. The molecule has 0 aromatic heterocycles. The van der Waals surface area contributed by atoms with Crippen molar-refractivity contribution in [3.05, 3.63) is 64.6 Å². The number of sulfone groups is 1. The van der Waals surface area contributed by atoms with Crippen LogP contribution in [0.15, 0.2) is 64.0 Å². The first-order valence-corrected chi connectivity index (χ1v) is 10.2. The van der Waals surface area contributed by atoms with Gasteiger partial charge >= 0.3 is 5.97 Å². The summed E-state index contributed by atoms with van der Waals surface area (Å²) in [6, 6.07) is 15.2. The smallest absolute Gasteiger partial charge is 0.328 e. The van der Waals surface area contributed by atoms with E-state index in [0.29, 0.717) is 5.56 Å². The van der Waals surface area contributed by atoms with Gasteiger partial charge in [0.15, 0.2) is 9.84 Å². The monoisotopic (exact) mass is 423 g/mol. The summed E-state index contributed by atoms with van der Waals surface area (Å²) in [6.07, 6.45) is 0. The molecule has 0 spiro atoms. The van der Waals surface area contributed by atoms with Gasteiger partial charge < -0.3 is 10.5 Å². The lowest BCUT2D eigenvalue weighted by Crippen LogP contribution is -2.41. The normalized spacial score (nSPS) is 25.4. The Morgan fingerprint density at radius 3 is 2.32 bits per heavy atom. The van der Waals surface area contributed by atoms with E-state index in [1.165, 1.54) is 12.1 Å². The van der Waals surface area contributed by atoms with Crippen LogP contribution in [0.2, 0.25) is 0 Å². The zero-order valence-electron chi connectivity index (χ0n) is 13.6. The van der Waals surface area contributed by atoms with Crippen molar-refractivity contribution in [3.63, 3.8) is 0 Å². The number of carbonyl (C=O) groups excluding carboxylic acids is 1. The van der Waals surface area contributed by atoms with Crippen LogP contribution in [0.3, 0.4) is 0 Å². The molecule has 1 aliphatic rings. The molecule has 2 aromatic rings. The second kappa shape index (κ2) is 6.55. The first-order valence-electron chi connectivity index (χ1n) is 7.84. The van der Waals surface area contributed by atoms with Crippen molar-refractivity contribution in [2.24, 2.45) is 5.73 Å². The topological polar surface area (TPSA) is 86.5 Å². The van der Waals surface area contributed by atoms with Gasteiger partial charge in [-0.1, -0.05) is 46.3 Å². The number of hydrogen-bond donors (Lipinski definition) is 1. The molecule has 1 saturated carbocycles. The van der Waals surface area contributed by atoms with Crippen LogP contribution >= 0.6 is 15.9 Å². The molecule has 7 heteroatoms. The molecule has 1 aliphatic carbocycles. The van der Waals surface area contributed by atoms with E-state index in [9.17, 15) is 13.2 Å². The third-order valence-corrected chi connectivity index (χ3v) is 7.23. The molecule has 0 saturated heterocycles. The molecule has 132 valence electrons. The highest BCUT2D eigenvalue weighted by atomic mass is 79.9. The second-order valence-electron chi connectivity index (χ2n) is 5.96. The highest BCUT2D eigenvalue weighted by Crippen LogP contribution is 2.56. The van der Waals surface area contributed by atoms with E-state index < -0.39 is 32.5 Å². The molecule has 0 aliphatic heterocycles. The SMILES string of the molecule is CCOC(=O)C1(N)C(c2ccc(Br)cc2)C1S(=O)(=O)c1ccccc1. The summed E-state index contributed by atoms with van der Waals surface area (Å²) in [5.74, 6) is -1.34. The summed E-state index contributed by atoms with van der Waals surface area (Å²) in [5, 5.41) is -1.05. The lowest BCUT2D eigenvalue weighted by molar-refractivity contribution is -0.145. The molecule has 5 nitrogen and oxygen atoms in total. The quantitative estimate of drug-likeness (QED) is 0.746. The molecule has 2 N–H and O–H groups in total. The average Bonchev–Trinajstić information content (AvgIpc) is 3.25. The Morgan fingerprint density at radius 2 is 1.76 bits per heavy atom. The lowest BCUT2D eigenvalue weighted by Gasteiger charge is -2.11. The van der Waals surface area contributed by atoms with Crippen molar-refractivity contribution < 1.29 is 17.9 Å². The van der Waals surface area contributed by atoms with E-state index in [2.05, 4.69) is 15.9 Å². The largest absolute Gasteiger partial charge is 0.465 e. The molecule has 3 atom stereocenters. The zero-order valence-corrected chi connectivity index (χ0v) is 16.0. The number of ether oxygens (including phenoxy) is 1. The Kier molecular flexibility index (Phi) is 4.74. The van der Waals surface area contributed by atoms with E-state index >= 15 is 0 Å². The van der Waals surface area contributed by atoms with E-state index in [0.717, 1.165) is 4.47 Å². The molecule has 0 amide bonds. The summed E-state index contributed by atoms with van der Waals surface area (Å²) in [6.45, 7) is 1.81. The van der Waals surface area contributed by atoms with Gasteiger partial charge in [0, 0.05) is 10.4 Å². The fourth-order valence-electron chi connectivity index (χ4n) is 3.19. The van der Waals surface area contributed by atoms with Gasteiger partial charge in [0.25, 0.3) is 0 Å². The van der Waals surface area contributed by atoms with Gasteiger partial charge in [-0.15, -0.1) is 0 Å². The minimum absolute atomic E-state index is 0.142. The lowest BCUT2D eigenvalue weighted by atomic mass is 10.1. The van der Waals surface area contributed by atoms with Crippen molar-refractivity contribution in [1.82, 2.24) is 0 Å². The van der Waals surface area contributed by atoms with Crippen molar-refractivity contribution in [2.75, 3.05) is 6.61 Å². The maximum absolute atomic E-state index is 13.1. The van der Waals surface area contributed by atoms with E-state index in [4.69, 9.17) is 10.5 Å². The minimum atomic E-state index is -3.78. The Bertz CT molecular complexity index is 883. The maximum atomic E-state index is 13.1. The number of rotatable bonds is 5. The Morgan fingerprint density at radius 1 is 1.16 bits per heavy atom. The third-order valence-electron chi connectivity index (χ3n) is 4.44. The minimum Gasteiger partial charge on any atom is -0.465 e. The molecule has 0 heterocycles. The van der Waals surface area contributed by atoms with Crippen molar-refractivity contribution in [3.8, 4) is 0 Å². The summed E-state index contributed by atoms with van der Waals surface area (Å²) >= 11 is 3.35. The number of hydrogen-bond acceptors (Lipinski definition) is 5. The summed E-state index contributed by atoms with van der Waals surface area (Å²) in [5.41, 5.74) is 5.41. The van der Waals surface area contributed by atoms with Crippen molar-refractivity contribution >= 4 is 31.7 Å². The van der Waals surface area contributed by atoms with E-state index in [1.807, 2.05) is 0 Å². The summed E-state index contributed by atoms with van der Waals surface area (Å²) in [4.78, 5) is 12.6. The third kappa shape index (κ3) is 3.01. The van der Waals surface area contributed by atoms with Gasteiger partial charge in [-0.05, 0) is 36.8 Å². The predicted octanol–water partition coefficient (Wildman–Crippen LogP) is 2.65. The molecular formula is C18H18BrNO4S. The van der Waals surface area contributed by atoms with Gasteiger partial charge in [-0.25, -0.2) is 13.2 Å². The molecule has 3 rings (SSSR count). The van der Waals surface area contributed by atoms with Gasteiger partial charge in [0.05, 0.1) is 11.5 Å². The molecule has 3 unspecified atom stereocenters. The van der Waals surface area contributed by atoms with E-state index in [1.54, 1.807) is 49.4 Å². The molecule has 25 heavy (non-hydrogen) atoms. The van der Waals surface area contributed by atoms with Crippen LogP contribution in [-0.4, -0.2) is 31.8 Å². The van der Waals surface area contributed by atoms with Crippen LogP contribution < -0.4 is 5.73 Å². The van der Waals surface area contributed by atoms with Gasteiger partial charge in [0.1, 0.15) is 10.8 Å². The Labute approximate surface area is 155 Å². The maximum Gasteiger partial charge on any atom is 0.328 e. The van der Waals surface area contributed by atoms with Crippen molar-refractivity contribution in [2.45, 2.75) is 28.5 Å². The summed E-state index contributed by atoms with van der Waals surface area (Å²) < 4.78 is 32.1. The van der Waals surface area contributed by atoms with Crippen LogP contribution in [-0.2, 0) is 19.4 Å². The molecule has 0 radical (unpaired) electrons. The Balaban J connectivity index is 2.06. The predicted molar refractivity (Wildman–Crippen MR) is 97.9 cm³/mol. The van der Waals surface area contributed by atoms with Crippen LogP contribution in [0.4, 0.5) is 0 Å². The fourth-order valence-corrected chi connectivity index (χ4v) is 5.70. The number of esters is 1. The average molecular weight is 424 g/mol.